The van der Waals surface area contributed by atoms with Crippen molar-refractivity contribution in [2.45, 2.75) is 0 Å². The minimum atomic E-state index is -0.922. The summed E-state index contributed by atoms with van der Waals surface area (Å²) in [6.45, 7) is 0. The Hall–Kier alpha value is -1.84. The molecule has 0 amide bonds. The lowest BCUT2D eigenvalue weighted by Gasteiger charge is -2.06. The number of aromatic carboxylic acids is 1. The Bertz CT molecular complexity index is 777. The summed E-state index contributed by atoms with van der Waals surface area (Å²) in [6, 6.07) is 12.9. The molecule has 1 aromatic heterocycles. The summed E-state index contributed by atoms with van der Waals surface area (Å²) in [4.78, 5) is 12.1. The number of hydrogen-bond acceptors (Lipinski definition) is 2. The molecular weight excluding hydrogens is 280 g/mol. The van der Waals surface area contributed by atoms with Gasteiger partial charge in [-0.3, -0.25) is 0 Å². The van der Waals surface area contributed by atoms with Gasteiger partial charge >= 0.3 is 5.97 Å². The van der Waals surface area contributed by atoms with Crippen molar-refractivity contribution in [2.24, 2.45) is 0 Å². The number of benzene rings is 2. The fourth-order valence-corrected chi connectivity index (χ4v) is 3.29. The molecular formula is C15H9ClO2S. The van der Waals surface area contributed by atoms with Crippen LogP contribution in [0.15, 0.2) is 47.8 Å². The lowest BCUT2D eigenvalue weighted by atomic mass is 10.0. The van der Waals surface area contributed by atoms with Crippen LogP contribution in [0.1, 0.15) is 10.4 Å². The zero-order valence-electron chi connectivity index (χ0n) is 9.76. The van der Waals surface area contributed by atoms with Crippen molar-refractivity contribution >= 4 is 39.7 Å². The molecule has 1 heterocycles. The van der Waals surface area contributed by atoms with E-state index >= 15 is 0 Å². The van der Waals surface area contributed by atoms with Crippen molar-refractivity contribution in [3.8, 4) is 10.4 Å². The average Bonchev–Trinajstić information content (AvgIpc) is 2.83. The number of carboxylic acids is 1. The maximum Gasteiger partial charge on any atom is 0.335 e. The third-order valence-corrected chi connectivity index (χ3v) is 4.37. The van der Waals surface area contributed by atoms with E-state index < -0.39 is 5.97 Å². The molecule has 0 saturated heterocycles. The van der Waals surface area contributed by atoms with Crippen LogP contribution in [0, 0.1) is 0 Å². The van der Waals surface area contributed by atoms with Gasteiger partial charge in [-0.25, -0.2) is 4.79 Å². The highest BCUT2D eigenvalue weighted by Crippen LogP contribution is 2.37. The van der Waals surface area contributed by atoms with Crippen LogP contribution in [0.5, 0.6) is 0 Å². The number of hydrogen-bond donors (Lipinski definition) is 1. The zero-order chi connectivity index (χ0) is 13.4. The van der Waals surface area contributed by atoms with E-state index in [4.69, 9.17) is 16.7 Å². The number of rotatable bonds is 2. The second-order valence-electron chi connectivity index (χ2n) is 4.14. The van der Waals surface area contributed by atoms with Crippen LogP contribution in [-0.4, -0.2) is 11.1 Å². The van der Waals surface area contributed by atoms with Crippen molar-refractivity contribution in [3.63, 3.8) is 0 Å². The molecule has 0 aliphatic carbocycles. The molecule has 0 saturated carbocycles. The normalized spacial score (nSPS) is 10.8. The summed E-state index contributed by atoms with van der Waals surface area (Å²) in [7, 11) is 0. The summed E-state index contributed by atoms with van der Waals surface area (Å²) >= 11 is 7.72. The lowest BCUT2D eigenvalue weighted by Crippen LogP contribution is -1.95. The second kappa shape index (κ2) is 4.68. The van der Waals surface area contributed by atoms with Crippen molar-refractivity contribution in [2.75, 3.05) is 0 Å². The van der Waals surface area contributed by atoms with Gasteiger partial charge in [0.25, 0.3) is 0 Å². The molecule has 0 aliphatic heterocycles. The van der Waals surface area contributed by atoms with Gasteiger partial charge in [0.2, 0.25) is 0 Å². The van der Waals surface area contributed by atoms with Crippen molar-refractivity contribution in [3.05, 3.63) is 58.4 Å². The molecule has 2 aromatic carbocycles. The topological polar surface area (TPSA) is 37.3 Å². The predicted octanol–water partition coefficient (Wildman–Crippen LogP) is 4.92. The van der Waals surface area contributed by atoms with E-state index in [0.29, 0.717) is 5.02 Å². The summed E-state index contributed by atoms with van der Waals surface area (Å²) in [5.41, 5.74) is 1.26. The Balaban J connectivity index is 2.33. The van der Waals surface area contributed by atoms with Crippen LogP contribution in [0.25, 0.3) is 21.2 Å². The van der Waals surface area contributed by atoms with E-state index in [-0.39, 0.29) is 5.56 Å². The first-order chi connectivity index (χ1) is 9.16. The first kappa shape index (κ1) is 12.2. The van der Waals surface area contributed by atoms with Gasteiger partial charge in [0.1, 0.15) is 0 Å². The molecule has 2 nitrogen and oxygen atoms in total. The fraction of sp³-hybridized carbons (Fsp3) is 0. The summed E-state index contributed by atoms with van der Waals surface area (Å²) in [6.07, 6.45) is 0. The lowest BCUT2D eigenvalue weighted by molar-refractivity contribution is 0.0697. The molecule has 94 valence electrons. The molecule has 0 aliphatic rings. The Morgan fingerprint density at radius 2 is 2.00 bits per heavy atom. The number of thiophene rings is 1. The third-order valence-electron chi connectivity index (χ3n) is 2.99. The van der Waals surface area contributed by atoms with E-state index in [1.54, 1.807) is 23.5 Å². The molecule has 0 radical (unpaired) electrons. The van der Waals surface area contributed by atoms with E-state index in [1.807, 2.05) is 35.7 Å². The van der Waals surface area contributed by atoms with Crippen LogP contribution < -0.4 is 0 Å². The summed E-state index contributed by atoms with van der Waals surface area (Å²) in [5, 5.41) is 13.6. The van der Waals surface area contributed by atoms with Gasteiger partial charge in [-0.1, -0.05) is 35.9 Å². The molecule has 3 rings (SSSR count). The molecule has 19 heavy (non-hydrogen) atoms. The zero-order valence-corrected chi connectivity index (χ0v) is 11.3. The highest BCUT2D eigenvalue weighted by atomic mass is 35.5. The van der Waals surface area contributed by atoms with Crippen LogP contribution in [0.2, 0.25) is 5.02 Å². The number of halogens is 1. The van der Waals surface area contributed by atoms with Gasteiger partial charge in [-0.15, -0.1) is 11.3 Å². The Labute approximate surface area is 118 Å². The highest BCUT2D eigenvalue weighted by molar-refractivity contribution is 7.14. The van der Waals surface area contributed by atoms with Crippen LogP contribution in [-0.2, 0) is 0 Å². The maximum atomic E-state index is 11.1. The fourth-order valence-electron chi connectivity index (χ4n) is 2.09. The quantitative estimate of drug-likeness (QED) is 0.727. The Kier molecular flexibility index (Phi) is 3.01. The maximum absolute atomic E-state index is 11.1. The number of carbonyl (C=O) groups is 1. The molecule has 0 unspecified atom stereocenters. The van der Waals surface area contributed by atoms with Crippen molar-refractivity contribution in [1.82, 2.24) is 0 Å². The monoisotopic (exact) mass is 288 g/mol. The number of fused-ring (bicyclic) bond motifs is 1. The smallest absolute Gasteiger partial charge is 0.335 e. The third kappa shape index (κ3) is 2.11. The van der Waals surface area contributed by atoms with E-state index in [9.17, 15) is 4.79 Å². The van der Waals surface area contributed by atoms with Gasteiger partial charge in [0, 0.05) is 5.56 Å². The van der Waals surface area contributed by atoms with Crippen LogP contribution in [0.3, 0.4) is 0 Å². The van der Waals surface area contributed by atoms with Crippen LogP contribution >= 0.6 is 22.9 Å². The second-order valence-corrected chi connectivity index (χ2v) is 5.47. The van der Waals surface area contributed by atoms with Gasteiger partial charge in [0.05, 0.1) is 15.5 Å². The molecule has 0 atom stereocenters. The van der Waals surface area contributed by atoms with Gasteiger partial charge in [0.15, 0.2) is 0 Å². The first-order valence-corrected chi connectivity index (χ1v) is 6.92. The van der Waals surface area contributed by atoms with Crippen molar-refractivity contribution < 1.29 is 9.90 Å². The SMILES string of the molecule is O=C(O)c1ccc2cccc(-c3sccc3Cl)c2c1. The molecule has 0 bridgehead atoms. The standard InChI is InChI=1S/C15H9ClO2S/c16-13-6-7-19-14(13)11-3-1-2-9-4-5-10(15(17)18)8-12(9)11/h1-8H,(H,17,18). The Morgan fingerprint density at radius 3 is 2.68 bits per heavy atom. The minimum Gasteiger partial charge on any atom is -0.478 e. The predicted molar refractivity (Wildman–Crippen MR) is 79.2 cm³/mol. The van der Waals surface area contributed by atoms with E-state index in [0.717, 1.165) is 21.2 Å². The largest absolute Gasteiger partial charge is 0.478 e. The number of carboxylic acid groups (broad SMARTS) is 1. The first-order valence-electron chi connectivity index (χ1n) is 5.66. The van der Waals surface area contributed by atoms with E-state index in [2.05, 4.69) is 0 Å². The van der Waals surface area contributed by atoms with Gasteiger partial charge < -0.3 is 5.11 Å². The van der Waals surface area contributed by atoms with Crippen molar-refractivity contribution in [1.29, 1.82) is 0 Å². The van der Waals surface area contributed by atoms with Gasteiger partial charge in [-0.2, -0.15) is 0 Å². The average molecular weight is 289 g/mol. The highest BCUT2D eigenvalue weighted by Gasteiger charge is 2.11. The molecule has 3 aromatic rings. The molecule has 0 fully saturated rings. The summed E-state index contributed by atoms with van der Waals surface area (Å²) < 4.78 is 0. The Morgan fingerprint density at radius 1 is 1.16 bits per heavy atom. The minimum absolute atomic E-state index is 0.285. The van der Waals surface area contributed by atoms with Gasteiger partial charge in [-0.05, 0) is 34.4 Å². The molecule has 1 N–H and O–H groups in total. The summed E-state index contributed by atoms with van der Waals surface area (Å²) in [5.74, 6) is -0.922. The molecule has 4 heteroatoms. The van der Waals surface area contributed by atoms with Crippen LogP contribution in [0.4, 0.5) is 0 Å². The molecule has 0 spiro atoms. The van der Waals surface area contributed by atoms with E-state index in [1.165, 1.54) is 0 Å².